The van der Waals surface area contributed by atoms with Crippen molar-refractivity contribution in [2.75, 3.05) is 20.0 Å². The summed E-state index contributed by atoms with van der Waals surface area (Å²) in [5.41, 5.74) is 0.335. The standard InChI is InChI=1S/C17H13FO6/c18-12-3-1-2-4-14(12)21-9-17(20)22-8-13(19)11-5-6-15-16(7-11)24-10-23-15/h1-7H,8-10H2. The Bertz CT molecular complexity index is 773. The lowest BCUT2D eigenvalue weighted by molar-refractivity contribution is -0.144. The van der Waals surface area contributed by atoms with Crippen LogP contribution in [0.2, 0.25) is 0 Å². The highest BCUT2D eigenvalue weighted by Crippen LogP contribution is 2.32. The second-order valence-corrected chi connectivity index (χ2v) is 4.87. The Morgan fingerprint density at radius 2 is 1.83 bits per heavy atom. The Morgan fingerprint density at radius 3 is 2.67 bits per heavy atom. The van der Waals surface area contributed by atoms with Gasteiger partial charge in [-0.25, -0.2) is 9.18 Å². The van der Waals surface area contributed by atoms with Gasteiger partial charge in [0.1, 0.15) is 0 Å². The maximum atomic E-state index is 13.3. The lowest BCUT2D eigenvalue weighted by Gasteiger charge is -2.07. The van der Waals surface area contributed by atoms with Crippen LogP contribution in [-0.4, -0.2) is 31.8 Å². The molecule has 2 aromatic carbocycles. The molecule has 6 nitrogen and oxygen atoms in total. The lowest BCUT2D eigenvalue weighted by atomic mass is 10.1. The summed E-state index contributed by atoms with van der Waals surface area (Å²) in [7, 11) is 0. The number of benzene rings is 2. The van der Waals surface area contributed by atoms with E-state index >= 15 is 0 Å². The first-order valence-corrected chi connectivity index (χ1v) is 7.09. The van der Waals surface area contributed by atoms with Gasteiger partial charge in [0.05, 0.1) is 0 Å². The van der Waals surface area contributed by atoms with Crippen molar-refractivity contribution in [2.24, 2.45) is 0 Å². The van der Waals surface area contributed by atoms with Crippen LogP contribution in [0.5, 0.6) is 17.2 Å². The molecule has 3 rings (SSSR count). The van der Waals surface area contributed by atoms with Crippen molar-refractivity contribution < 1.29 is 32.9 Å². The Kier molecular flexibility index (Phi) is 4.60. The zero-order valence-corrected chi connectivity index (χ0v) is 12.5. The van der Waals surface area contributed by atoms with E-state index in [1.807, 2.05) is 0 Å². The van der Waals surface area contributed by atoms with E-state index in [0.29, 0.717) is 17.1 Å². The van der Waals surface area contributed by atoms with Gasteiger partial charge in [0.2, 0.25) is 6.79 Å². The topological polar surface area (TPSA) is 71.1 Å². The van der Waals surface area contributed by atoms with E-state index < -0.39 is 30.8 Å². The molecule has 0 fully saturated rings. The van der Waals surface area contributed by atoms with Crippen LogP contribution < -0.4 is 14.2 Å². The molecule has 0 aromatic heterocycles. The average molecular weight is 332 g/mol. The van der Waals surface area contributed by atoms with Crippen LogP contribution >= 0.6 is 0 Å². The maximum Gasteiger partial charge on any atom is 0.344 e. The summed E-state index contributed by atoms with van der Waals surface area (Å²) in [5.74, 6) is -0.782. The molecular formula is C17H13FO6. The summed E-state index contributed by atoms with van der Waals surface area (Å²) in [5, 5.41) is 0. The SMILES string of the molecule is O=C(COc1ccccc1F)OCC(=O)c1ccc2c(c1)OCO2. The zero-order valence-electron chi connectivity index (χ0n) is 12.5. The quantitative estimate of drug-likeness (QED) is 0.597. The molecule has 1 heterocycles. The Balaban J connectivity index is 1.49. The molecule has 0 unspecified atom stereocenters. The number of ketones is 1. The van der Waals surface area contributed by atoms with E-state index in [1.165, 1.54) is 24.3 Å². The highest BCUT2D eigenvalue weighted by atomic mass is 19.1. The Labute approximate surface area is 136 Å². The first kappa shape index (κ1) is 15.8. The number of Topliss-reactive ketones (excluding diaryl/α,β-unsaturated/α-hetero) is 1. The Morgan fingerprint density at radius 1 is 1.04 bits per heavy atom. The fourth-order valence-electron chi connectivity index (χ4n) is 2.04. The number of halogens is 1. The molecule has 0 radical (unpaired) electrons. The summed E-state index contributed by atoms with van der Waals surface area (Å²) >= 11 is 0. The predicted molar refractivity (Wildman–Crippen MR) is 79.7 cm³/mol. The van der Waals surface area contributed by atoms with Crippen LogP contribution in [0.15, 0.2) is 42.5 Å². The van der Waals surface area contributed by atoms with Gasteiger partial charge in [-0.3, -0.25) is 4.79 Å². The molecule has 0 N–H and O–H groups in total. The third-order valence-electron chi connectivity index (χ3n) is 3.24. The second-order valence-electron chi connectivity index (χ2n) is 4.87. The van der Waals surface area contributed by atoms with Gasteiger partial charge in [-0.05, 0) is 30.3 Å². The van der Waals surface area contributed by atoms with Crippen LogP contribution in [0.4, 0.5) is 4.39 Å². The number of hydrogen-bond acceptors (Lipinski definition) is 6. The molecule has 0 bridgehead atoms. The number of rotatable bonds is 6. The highest BCUT2D eigenvalue weighted by Gasteiger charge is 2.17. The minimum absolute atomic E-state index is 0.0588. The summed E-state index contributed by atoms with van der Waals surface area (Å²) in [6.07, 6.45) is 0. The molecule has 0 atom stereocenters. The fraction of sp³-hybridized carbons (Fsp3) is 0.176. The smallest absolute Gasteiger partial charge is 0.344 e. The van der Waals surface area contributed by atoms with Gasteiger partial charge >= 0.3 is 5.97 Å². The van der Waals surface area contributed by atoms with Crippen molar-refractivity contribution in [1.29, 1.82) is 0 Å². The van der Waals surface area contributed by atoms with Crippen LogP contribution in [-0.2, 0) is 9.53 Å². The molecule has 0 aliphatic carbocycles. The van der Waals surface area contributed by atoms with Gasteiger partial charge in [-0.15, -0.1) is 0 Å². The van der Waals surface area contributed by atoms with Crippen LogP contribution in [0, 0.1) is 5.82 Å². The van der Waals surface area contributed by atoms with Crippen molar-refractivity contribution in [1.82, 2.24) is 0 Å². The average Bonchev–Trinajstić information content (AvgIpc) is 3.06. The number of fused-ring (bicyclic) bond motifs is 1. The van der Waals surface area contributed by atoms with Gasteiger partial charge in [-0.2, -0.15) is 0 Å². The largest absolute Gasteiger partial charge is 0.479 e. The van der Waals surface area contributed by atoms with Gasteiger partial charge in [0.15, 0.2) is 42.1 Å². The van der Waals surface area contributed by atoms with Crippen LogP contribution in [0.1, 0.15) is 10.4 Å². The minimum atomic E-state index is -0.771. The van der Waals surface area contributed by atoms with E-state index in [9.17, 15) is 14.0 Å². The van der Waals surface area contributed by atoms with Gasteiger partial charge in [0, 0.05) is 5.56 Å². The number of hydrogen-bond donors (Lipinski definition) is 0. The molecule has 124 valence electrons. The van der Waals surface area contributed by atoms with Crippen molar-refractivity contribution in [3.63, 3.8) is 0 Å². The maximum absolute atomic E-state index is 13.3. The lowest BCUT2D eigenvalue weighted by Crippen LogP contribution is -2.19. The van der Waals surface area contributed by atoms with Gasteiger partial charge in [-0.1, -0.05) is 12.1 Å². The molecule has 7 heteroatoms. The first-order chi connectivity index (χ1) is 11.6. The summed E-state index contributed by atoms with van der Waals surface area (Å²) < 4.78 is 33.5. The summed E-state index contributed by atoms with van der Waals surface area (Å²) in [6.45, 7) is -0.830. The van der Waals surface area contributed by atoms with Crippen molar-refractivity contribution in [3.8, 4) is 17.2 Å². The Hall–Kier alpha value is -3.09. The van der Waals surface area contributed by atoms with Crippen LogP contribution in [0.25, 0.3) is 0 Å². The molecule has 1 aliphatic heterocycles. The normalized spacial score (nSPS) is 11.9. The van der Waals surface area contributed by atoms with Crippen LogP contribution in [0.3, 0.4) is 0 Å². The van der Waals surface area contributed by atoms with Crippen molar-refractivity contribution >= 4 is 11.8 Å². The van der Waals surface area contributed by atoms with E-state index in [-0.39, 0.29) is 12.5 Å². The van der Waals surface area contributed by atoms with Crippen molar-refractivity contribution in [2.45, 2.75) is 0 Å². The third-order valence-corrected chi connectivity index (χ3v) is 3.24. The van der Waals surface area contributed by atoms with E-state index in [1.54, 1.807) is 18.2 Å². The van der Waals surface area contributed by atoms with Gasteiger partial charge in [0.25, 0.3) is 0 Å². The molecular weight excluding hydrogens is 319 g/mol. The number of carbonyl (C=O) groups excluding carboxylic acids is 2. The molecule has 0 amide bonds. The predicted octanol–water partition coefficient (Wildman–Crippen LogP) is 2.36. The van der Waals surface area contributed by atoms with E-state index in [4.69, 9.17) is 18.9 Å². The third kappa shape index (κ3) is 3.62. The summed E-state index contributed by atoms with van der Waals surface area (Å²) in [6, 6.07) is 10.4. The first-order valence-electron chi connectivity index (χ1n) is 7.09. The summed E-state index contributed by atoms with van der Waals surface area (Å²) in [4.78, 5) is 23.6. The molecule has 0 saturated heterocycles. The monoisotopic (exact) mass is 332 g/mol. The number of esters is 1. The molecule has 0 saturated carbocycles. The zero-order chi connectivity index (χ0) is 16.9. The van der Waals surface area contributed by atoms with E-state index in [0.717, 1.165) is 0 Å². The molecule has 1 aliphatic rings. The number of ether oxygens (including phenoxy) is 4. The number of para-hydroxylation sites is 1. The molecule has 2 aromatic rings. The second kappa shape index (κ2) is 6.99. The molecule has 0 spiro atoms. The van der Waals surface area contributed by atoms with Gasteiger partial charge < -0.3 is 18.9 Å². The molecule has 24 heavy (non-hydrogen) atoms. The number of carbonyl (C=O) groups is 2. The van der Waals surface area contributed by atoms with Crippen molar-refractivity contribution in [3.05, 3.63) is 53.8 Å². The minimum Gasteiger partial charge on any atom is -0.479 e. The van der Waals surface area contributed by atoms with E-state index in [2.05, 4.69) is 0 Å². The fourth-order valence-corrected chi connectivity index (χ4v) is 2.04. The highest BCUT2D eigenvalue weighted by molar-refractivity contribution is 5.98.